The second kappa shape index (κ2) is 8.47. The maximum absolute atomic E-state index is 5.40. The van der Waals surface area contributed by atoms with Gasteiger partial charge in [-0.2, -0.15) is 0 Å². The monoisotopic (exact) mass is 228 g/mol. The molecule has 0 amide bonds. The zero-order valence-electron chi connectivity index (χ0n) is 10.5. The molecule has 0 aromatic heterocycles. The van der Waals surface area contributed by atoms with E-state index in [4.69, 9.17) is 4.74 Å². The van der Waals surface area contributed by atoms with Crippen molar-refractivity contribution in [2.45, 2.75) is 38.7 Å². The number of hydrogen-bond acceptors (Lipinski definition) is 1. The Bertz CT molecular complexity index is 370. The van der Waals surface area contributed by atoms with Gasteiger partial charge < -0.3 is 4.74 Å². The van der Waals surface area contributed by atoms with E-state index in [1.54, 1.807) is 0 Å². The summed E-state index contributed by atoms with van der Waals surface area (Å²) in [6, 6.07) is 9.98. The smallest absolute Gasteiger partial charge is 0.158 e. The molecule has 0 aliphatic rings. The molecule has 1 heteroatoms. The van der Waals surface area contributed by atoms with Gasteiger partial charge >= 0.3 is 0 Å². The molecule has 1 unspecified atom stereocenters. The molecule has 0 radical (unpaired) electrons. The van der Waals surface area contributed by atoms with Crippen LogP contribution in [-0.4, -0.2) is 6.10 Å². The highest BCUT2D eigenvalue weighted by Gasteiger charge is 2.02. The van der Waals surface area contributed by atoms with Crippen LogP contribution in [0.1, 0.15) is 38.2 Å². The minimum absolute atomic E-state index is 0.0285. The van der Waals surface area contributed by atoms with E-state index in [2.05, 4.69) is 25.3 Å². The predicted octanol–water partition coefficient (Wildman–Crippen LogP) is 4.15. The molecule has 0 bridgehead atoms. The first-order chi connectivity index (χ1) is 8.36. The first-order valence-electron chi connectivity index (χ1n) is 6.19. The zero-order valence-corrected chi connectivity index (χ0v) is 10.5. The molecule has 1 rings (SSSR count). The minimum atomic E-state index is -0.0285. The van der Waals surface area contributed by atoms with Crippen molar-refractivity contribution in [3.8, 4) is 11.8 Å². The normalized spacial score (nSPS) is 11.1. The Morgan fingerprint density at radius 2 is 2.06 bits per heavy atom. The van der Waals surface area contributed by atoms with Crippen molar-refractivity contribution in [1.29, 1.82) is 0 Å². The van der Waals surface area contributed by atoms with Crippen molar-refractivity contribution >= 4 is 0 Å². The largest absolute Gasteiger partial charge is 0.486 e. The van der Waals surface area contributed by atoms with Crippen LogP contribution in [-0.2, 0) is 4.74 Å². The summed E-state index contributed by atoms with van der Waals surface area (Å²) in [5, 5.41) is 0. The van der Waals surface area contributed by atoms with Crippen molar-refractivity contribution < 1.29 is 4.74 Å². The van der Waals surface area contributed by atoms with Crippen LogP contribution >= 0.6 is 0 Å². The van der Waals surface area contributed by atoms with Gasteiger partial charge in [-0.25, -0.2) is 0 Å². The maximum Gasteiger partial charge on any atom is 0.158 e. The van der Waals surface area contributed by atoms with Crippen molar-refractivity contribution in [3.05, 3.63) is 48.7 Å². The second-order valence-corrected chi connectivity index (χ2v) is 3.92. The summed E-state index contributed by atoms with van der Waals surface area (Å²) in [6.45, 7) is 5.79. The van der Waals surface area contributed by atoms with Crippen molar-refractivity contribution in [3.63, 3.8) is 0 Å². The van der Waals surface area contributed by atoms with Crippen LogP contribution in [0.5, 0.6) is 0 Å². The van der Waals surface area contributed by atoms with E-state index in [-0.39, 0.29) is 6.10 Å². The minimum Gasteiger partial charge on any atom is -0.486 e. The Labute approximate surface area is 105 Å². The van der Waals surface area contributed by atoms with Crippen LogP contribution in [0.25, 0.3) is 0 Å². The molecule has 0 heterocycles. The Hall–Kier alpha value is -1.68. The van der Waals surface area contributed by atoms with E-state index < -0.39 is 0 Å². The van der Waals surface area contributed by atoms with Gasteiger partial charge in [0.15, 0.2) is 6.10 Å². The summed E-state index contributed by atoms with van der Waals surface area (Å²) in [5.74, 6) is 6.29. The lowest BCUT2D eigenvalue weighted by atomic mass is 10.1. The van der Waals surface area contributed by atoms with E-state index >= 15 is 0 Å². The molecule has 0 aliphatic carbocycles. The van der Waals surface area contributed by atoms with Gasteiger partial charge in [-0.3, -0.25) is 0 Å². The van der Waals surface area contributed by atoms with Crippen molar-refractivity contribution in [2.24, 2.45) is 0 Å². The first-order valence-corrected chi connectivity index (χ1v) is 6.19. The molecule has 0 saturated carbocycles. The van der Waals surface area contributed by atoms with Gasteiger partial charge in [0.1, 0.15) is 0 Å². The van der Waals surface area contributed by atoms with Crippen LogP contribution in [0.4, 0.5) is 0 Å². The summed E-state index contributed by atoms with van der Waals surface area (Å²) in [4.78, 5) is 0. The summed E-state index contributed by atoms with van der Waals surface area (Å²) in [6.07, 6.45) is 6.02. The lowest BCUT2D eigenvalue weighted by Crippen LogP contribution is -2.06. The Balaban J connectivity index is 2.54. The highest BCUT2D eigenvalue weighted by molar-refractivity contribution is 5.34. The maximum atomic E-state index is 5.40. The van der Waals surface area contributed by atoms with Crippen LogP contribution in [0.3, 0.4) is 0 Å². The Morgan fingerprint density at radius 1 is 1.29 bits per heavy atom. The fraction of sp³-hybridized carbons (Fsp3) is 0.375. The molecular weight excluding hydrogens is 208 g/mol. The van der Waals surface area contributed by atoms with Crippen LogP contribution in [0.15, 0.2) is 43.2 Å². The fourth-order valence-electron chi connectivity index (χ4n) is 1.56. The van der Waals surface area contributed by atoms with Gasteiger partial charge in [0.25, 0.3) is 0 Å². The molecule has 17 heavy (non-hydrogen) atoms. The third-order valence-electron chi connectivity index (χ3n) is 2.48. The quantitative estimate of drug-likeness (QED) is 0.404. The van der Waals surface area contributed by atoms with Gasteiger partial charge in [0.05, 0.1) is 6.26 Å². The van der Waals surface area contributed by atoms with E-state index in [9.17, 15) is 0 Å². The molecule has 0 aliphatic heterocycles. The number of benzene rings is 1. The summed E-state index contributed by atoms with van der Waals surface area (Å²) in [5.41, 5.74) is 1.03. The summed E-state index contributed by atoms with van der Waals surface area (Å²) >= 11 is 0. The third-order valence-corrected chi connectivity index (χ3v) is 2.48. The fourth-order valence-corrected chi connectivity index (χ4v) is 1.56. The van der Waals surface area contributed by atoms with Gasteiger partial charge in [-0.15, -0.1) is 0 Å². The standard InChI is InChI=1S/C16H20O/c1-3-5-7-12-16(17-4-2)14-13-15-10-8-6-9-11-15/h4,6,8-11,16H,2-3,5,7,12H2,1H3. The van der Waals surface area contributed by atoms with E-state index in [1.165, 1.54) is 19.1 Å². The van der Waals surface area contributed by atoms with E-state index in [0.717, 1.165) is 18.4 Å². The number of hydrogen-bond donors (Lipinski definition) is 0. The zero-order chi connectivity index (χ0) is 12.3. The number of unbranched alkanes of at least 4 members (excludes halogenated alkanes) is 2. The highest BCUT2D eigenvalue weighted by Crippen LogP contribution is 2.07. The first kappa shape index (κ1) is 13.4. The molecule has 0 saturated heterocycles. The molecule has 1 aromatic carbocycles. The van der Waals surface area contributed by atoms with Gasteiger partial charge in [-0.05, 0) is 25.0 Å². The van der Waals surface area contributed by atoms with E-state index in [0.29, 0.717) is 0 Å². The average molecular weight is 228 g/mol. The lowest BCUT2D eigenvalue weighted by Gasteiger charge is -2.09. The molecule has 90 valence electrons. The molecule has 0 fully saturated rings. The highest BCUT2D eigenvalue weighted by atomic mass is 16.5. The Kier molecular flexibility index (Phi) is 6.67. The number of ether oxygens (including phenoxy) is 1. The molecule has 1 aromatic rings. The molecule has 1 atom stereocenters. The lowest BCUT2D eigenvalue weighted by molar-refractivity contribution is 0.183. The van der Waals surface area contributed by atoms with Crippen molar-refractivity contribution in [1.82, 2.24) is 0 Å². The van der Waals surface area contributed by atoms with Crippen molar-refractivity contribution in [2.75, 3.05) is 0 Å². The average Bonchev–Trinajstić information content (AvgIpc) is 2.37. The molecule has 0 spiro atoms. The number of rotatable bonds is 6. The summed E-state index contributed by atoms with van der Waals surface area (Å²) < 4.78 is 5.40. The predicted molar refractivity (Wildman–Crippen MR) is 72.5 cm³/mol. The topological polar surface area (TPSA) is 9.23 Å². The van der Waals surface area contributed by atoms with Gasteiger partial charge in [-0.1, -0.05) is 56.4 Å². The molecular formula is C16H20O. The van der Waals surface area contributed by atoms with E-state index in [1.807, 2.05) is 30.3 Å². The third kappa shape index (κ3) is 5.82. The van der Waals surface area contributed by atoms with Crippen LogP contribution in [0, 0.1) is 11.8 Å². The summed E-state index contributed by atoms with van der Waals surface area (Å²) in [7, 11) is 0. The van der Waals surface area contributed by atoms with Gasteiger partial charge in [0.2, 0.25) is 0 Å². The van der Waals surface area contributed by atoms with Gasteiger partial charge in [0, 0.05) is 5.56 Å². The SMILES string of the molecule is C=COC(C#Cc1ccccc1)CCCCC. The Morgan fingerprint density at radius 3 is 2.71 bits per heavy atom. The molecule has 0 N–H and O–H groups in total. The molecule has 1 nitrogen and oxygen atoms in total. The second-order valence-electron chi connectivity index (χ2n) is 3.92. The van der Waals surface area contributed by atoms with Crippen LogP contribution < -0.4 is 0 Å². The van der Waals surface area contributed by atoms with Crippen LogP contribution in [0.2, 0.25) is 0 Å².